The number of anilines is 2. The molecule has 0 unspecified atom stereocenters. The average Bonchev–Trinajstić information content (AvgIpc) is 2.80. The molecular weight excluding hydrogens is 396 g/mol. The fourth-order valence-corrected chi connectivity index (χ4v) is 3.70. The molecule has 2 aromatic rings. The summed E-state index contributed by atoms with van der Waals surface area (Å²) >= 11 is 0. The zero-order chi connectivity index (χ0) is 22.4. The average molecular weight is 429 g/mol. The van der Waals surface area contributed by atoms with Gasteiger partial charge in [0.15, 0.2) is 0 Å². The van der Waals surface area contributed by atoms with E-state index in [0.717, 1.165) is 41.3 Å². The number of aromatic nitrogens is 1. The third kappa shape index (κ3) is 5.31. The van der Waals surface area contributed by atoms with Crippen LogP contribution in [0.25, 0.3) is 0 Å². The first kappa shape index (κ1) is 22.5. The monoisotopic (exact) mass is 428 g/mol. The van der Waals surface area contributed by atoms with E-state index in [1.54, 1.807) is 21.3 Å². The lowest BCUT2D eigenvalue weighted by Crippen LogP contribution is -2.50. The van der Waals surface area contributed by atoms with Crippen molar-refractivity contribution in [2.24, 2.45) is 0 Å². The summed E-state index contributed by atoms with van der Waals surface area (Å²) in [5.74, 6) is 1.94. The van der Waals surface area contributed by atoms with Crippen molar-refractivity contribution >= 4 is 17.4 Å². The van der Waals surface area contributed by atoms with E-state index in [2.05, 4.69) is 22.1 Å². The SMILES string of the molecule is CCCc1nc(OC)c(NC(=O)N2CCN(c3cc(OC)cc(OC)c3)CC2)cc1C. The molecule has 8 nitrogen and oxygen atoms in total. The number of nitrogens with one attached hydrogen (secondary N) is 1. The van der Waals surface area contributed by atoms with E-state index in [-0.39, 0.29) is 6.03 Å². The lowest BCUT2D eigenvalue weighted by molar-refractivity contribution is 0.208. The van der Waals surface area contributed by atoms with Crippen LogP contribution in [-0.2, 0) is 6.42 Å². The summed E-state index contributed by atoms with van der Waals surface area (Å²) in [5.41, 5.74) is 3.67. The van der Waals surface area contributed by atoms with Crippen LogP contribution in [0.3, 0.4) is 0 Å². The minimum Gasteiger partial charge on any atom is -0.497 e. The Kier molecular flexibility index (Phi) is 7.44. The highest BCUT2D eigenvalue weighted by Gasteiger charge is 2.23. The number of pyridine rings is 1. The van der Waals surface area contributed by atoms with Crippen molar-refractivity contribution in [2.75, 3.05) is 57.7 Å². The van der Waals surface area contributed by atoms with Gasteiger partial charge in [-0.2, -0.15) is 0 Å². The van der Waals surface area contributed by atoms with Gasteiger partial charge in [0.25, 0.3) is 0 Å². The number of rotatable bonds is 7. The number of piperazine rings is 1. The molecule has 0 radical (unpaired) electrons. The third-order valence-corrected chi connectivity index (χ3v) is 5.47. The predicted molar refractivity (Wildman–Crippen MR) is 122 cm³/mol. The molecule has 1 aliphatic heterocycles. The summed E-state index contributed by atoms with van der Waals surface area (Å²) in [5, 5.41) is 2.97. The highest BCUT2D eigenvalue weighted by atomic mass is 16.5. The van der Waals surface area contributed by atoms with E-state index in [1.807, 2.05) is 36.1 Å². The molecule has 3 rings (SSSR count). The smallest absolute Gasteiger partial charge is 0.322 e. The quantitative estimate of drug-likeness (QED) is 0.724. The van der Waals surface area contributed by atoms with Crippen LogP contribution in [0.1, 0.15) is 24.6 Å². The van der Waals surface area contributed by atoms with E-state index in [4.69, 9.17) is 14.2 Å². The van der Waals surface area contributed by atoms with Gasteiger partial charge in [0.2, 0.25) is 5.88 Å². The lowest BCUT2D eigenvalue weighted by atomic mass is 10.1. The second-order valence-corrected chi connectivity index (χ2v) is 7.53. The first-order valence-corrected chi connectivity index (χ1v) is 10.6. The van der Waals surface area contributed by atoms with Gasteiger partial charge >= 0.3 is 6.03 Å². The molecule has 0 bridgehead atoms. The fourth-order valence-electron chi connectivity index (χ4n) is 3.70. The van der Waals surface area contributed by atoms with Crippen LogP contribution in [0.2, 0.25) is 0 Å². The second-order valence-electron chi connectivity index (χ2n) is 7.53. The van der Waals surface area contributed by atoms with Crippen LogP contribution >= 0.6 is 0 Å². The Morgan fingerprint density at radius 1 is 1.00 bits per heavy atom. The Balaban J connectivity index is 1.65. The van der Waals surface area contributed by atoms with Crippen molar-refractivity contribution in [1.82, 2.24) is 9.88 Å². The highest BCUT2D eigenvalue weighted by molar-refractivity contribution is 5.91. The van der Waals surface area contributed by atoms with Gasteiger partial charge in [-0.1, -0.05) is 13.3 Å². The Morgan fingerprint density at radius 3 is 2.19 bits per heavy atom. The number of carbonyl (C=O) groups is 1. The number of hydrogen-bond acceptors (Lipinski definition) is 6. The number of ether oxygens (including phenoxy) is 3. The summed E-state index contributed by atoms with van der Waals surface area (Å²) in [4.78, 5) is 21.5. The van der Waals surface area contributed by atoms with Crippen LogP contribution in [0.4, 0.5) is 16.2 Å². The molecule has 2 heterocycles. The lowest BCUT2D eigenvalue weighted by Gasteiger charge is -2.36. The Morgan fingerprint density at radius 2 is 1.65 bits per heavy atom. The summed E-state index contributed by atoms with van der Waals surface area (Å²) in [6, 6.07) is 7.60. The first-order chi connectivity index (χ1) is 15.0. The zero-order valence-electron chi connectivity index (χ0n) is 19.0. The number of benzene rings is 1. The third-order valence-electron chi connectivity index (χ3n) is 5.47. The maximum absolute atomic E-state index is 12.9. The molecule has 0 aliphatic carbocycles. The molecule has 31 heavy (non-hydrogen) atoms. The molecular formula is C23H32N4O4. The summed E-state index contributed by atoms with van der Waals surface area (Å²) in [6.45, 7) is 6.77. The highest BCUT2D eigenvalue weighted by Crippen LogP contribution is 2.29. The predicted octanol–water partition coefficient (Wildman–Crippen LogP) is 3.72. The largest absolute Gasteiger partial charge is 0.497 e. The van der Waals surface area contributed by atoms with Gasteiger partial charge in [-0.15, -0.1) is 0 Å². The van der Waals surface area contributed by atoms with E-state index in [9.17, 15) is 4.79 Å². The molecule has 1 aliphatic rings. The summed E-state index contributed by atoms with van der Waals surface area (Å²) in [7, 11) is 4.85. The van der Waals surface area contributed by atoms with Gasteiger partial charge in [0.1, 0.15) is 17.2 Å². The van der Waals surface area contributed by atoms with Crippen molar-refractivity contribution in [3.63, 3.8) is 0 Å². The minimum atomic E-state index is -0.148. The van der Waals surface area contributed by atoms with Crippen LogP contribution in [0.5, 0.6) is 17.4 Å². The van der Waals surface area contributed by atoms with Crippen molar-refractivity contribution in [2.45, 2.75) is 26.7 Å². The van der Waals surface area contributed by atoms with Gasteiger partial charge in [-0.05, 0) is 25.0 Å². The maximum Gasteiger partial charge on any atom is 0.322 e. The molecule has 8 heteroatoms. The number of methoxy groups -OCH3 is 3. The van der Waals surface area contributed by atoms with Crippen LogP contribution in [0.15, 0.2) is 24.3 Å². The standard InChI is InChI=1S/C23H32N4O4/c1-6-7-20-16(2)12-21(22(24-20)31-5)25-23(28)27-10-8-26(9-11-27)17-13-18(29-3)15-19(14-17)30-4/h12-15H,6-11H2,1-5H3,(H,25,28). The van der Waals surface area contributed by atoms with E-state index in [0.29, 0.717) is 37.7 Å². The Labute approximate surface area is 184 Å². The Bertz CT molecular complexity index is 888. The molecule has 0 atom stereocenters. The number of amides is 2. The van der Waals surface area contributed by atoms with E-state index >= 15 is 0 Å². The number of aryl methyl sites for hydroxylation is 2. The van der Waals surface area contributed by atoms with Gasteiger partial charge in [-0.25, -0.2) is 9.78 Å². The van der Waals surface area contributed by atoms with Crippen LogP contribution in [-0.4, -0.2) is 63.4 Å². The van der Waals surface area contributed by atoms with Gasteiger partial charge in [0, 0.05) is 55.8 Å². The summed E-state index contributed by atoms with van der Waals surface area (Å²) < 4.78 is 16.2. The van der Waals surface area contributed by atoms with E-state index < -0.39 is 0 Å². The normalized spacial score (nSPS) is 13.7. The molecule has 1 N–H and O–H groups in total. The molecule has 1 aromatic heterocycles. The van der Waals surface area contributed by atoms with Crippen LogP contribution in [0, 0.1) is 6.92 Å². The molecule has 1 fully saturated rings. The molecule has 168 valence electrons. The number of urea groups is 1. The van der Waals surface area contributed by atoms with Gasteiger partial charge < -0.3 is 29.3 Å². The number of carbonyl (C=O) groups excluding carboxylic acids is 1. The van der Waals surface area contributed by atoms with Crippen molar-refractivity contribution < 1.29 is 19.0 Å². The molecule has 1 saturated heterocycles. The molecule has 0 spiro atoms. The minimum absolute atomic E-state index is 0.148. The van der Waals surface area contributed by atoms with Gasteiger partial charge in [-0.3, -0.25) is 0 Å². The van der Waals surface area contributed by atoms with Gasteiger partial charge in [0.05, 0.1) is 21.3 Å². The number of hydrogen-bond donors (Lipinski definition) is 1. The molecule has 2 amide bonds. The fraction of sp³-hybridized carbons (Fsp3) is 0.478. The maximum atomic E-state index is 12.9. The zero-order valence-corrected chi connectivity index (χ0v) is 19.0. The topological polar surface area (TPSA) is 76.2 Å². The van der Waals surface area contributed by atoms with E-state index in [1.165, 1.54) is 0 Å². The molecule has 1 aromatic carbocycles. The molecule has 0 saturated carbocycles. The Hall–Kier alpha value is -3.16. The van der Waals surface area contributed by atoms with Crippen molar-refractivity contribution in [3.8, 4) is 17.4 Å². The second kappa shape index (κ2) is 10.2. The van der Waals surface area contributed by atoms with Crippen molar-refractivity contribution in [1.29, 1.82) is 0 Å². The summed E-state index contributed by atoms with van der Waals surface area (Å²) in [6.07, 6.45) is 1.89. The number of nitrogens with zero attached hydrogens (tertiary/aromatic N) is 3. The van der Waals surface area contributed by atoms with Crippen LogP contribution < -0.4 is 24.4 Å². The first-order valence-electron chi connectivity index (χ1n) is 10.6. The van der Waals surface area contributed by atoms with Crippen molar-refractivity contribution in [3.05, 3.63) is 35.5 Å².